The smallest absolute Gasteiger partial charge is 0.416 e. The van der Waals surface area contributed by atoms with E-state index in [0.29, 0.717) is 0 Å². The number of hydrogen-bond acceptors (Lipinski definition) is 9. The van der Waals surface area contributed by atoms with E-state index in [1.807, 2.05) is 0 Å². The van der Waals surface area contributed by atoms with Crippen LogP contribution in [0.25, 0.3) is 0 Å². The monoisotopic (exact) mass is 644 g/mol. The molecule has 1 heterocycles. The fourth-order valence-corrected chi connectivity index (χ4v) is 3.86. The number of benzene rings is 1. The minimum Gasteiger partial charge on any atom is -0.462 e. The van der Waals surface area contributed by atoms with E-state index in [1.54, 1.807) is 83.1 Å². The van der Waals surface area contributed by atoms with Gasteiger partial charge in [-0.05, 0) is 101 Å². The van der Waals surface area contributed by atoms with E-state index in [2.05, 4.69) is 0 Å². The summed E-state index contributed by atoms with van der Waals surface area (Å²) < 4.78 is 69.8. The Hall–Kier alpha value is -3.15. The van der Waals surface area contributed by atoms with Crippen LogP contribution in [0.2, 0.25) is 0 Å². The Morgan fingerprint density at radius 2 is 0.978 bits per heavy atom. The highest BCUT2D eigenvalue weighted by atomic mass is 19.4. The lowest BCUT2D eigenvalue weighted by molar-refractivity contribution is -0.262. The first-order valence-corrected chi connectivity index (χ1v) is 14.8. The van der Waals surface area contributed by atoms with E-state index < -0.39 is 94.4 Å². The summed E-state index contributed by atoms with van der Waals surface area (Å²) in [5, 5.41) is 0. The number of esters is 4. The van der Waals surface area contributed by atoms with Crippen LogP contribution in [0.4, 0.5) is 13.2 Å². The van der Waals surface area contributed by atoms with Gasteiger partial charge >= 0.3 is 30.1 Å². The van der Waals surface area contributed by atoms with Gasteiger partial charge in [-0.1, -0.05) is 12.1 Å². The molecule has 5 atom stereocenters. The second-order valence-corrected chi connectivity index (χ2v) is 15.4. The molecule has 12 heteroatoms. The van der Waals surface area contributed by atoms with E-state index in [0.717, 1.165) is 24.3 Å². The molecule has 45 heavy (non-hydrogen) atoms. The van der Waals surface area contributed by atoms with Gasteiger partial charge in [0.1, 0.15) is 18.8 Å². The van der Waals surface area contributed by atoms with Gasteiger partial charge in [-0.3, -0.25) is 19.2 Å². The number of rotatable bonds is 6. The van der Waals surface area contributed by atoms with Crippen LogP contribution in [0.5, 0.6) is 0 Å². The topological polar surface area (TPSA) is 114 Å². The fraction of sp³-hybridized carbons (Fsp3) is 0.697. The average Bonchev–Trinajstić information content (AvgIpc) is 2.86. The zero-order valence-corrected chi connectivity index (χ0v) is 28.2. The highest BCUT2D eigenvalue weighted by molar-refractivity contribution is 5.78. The third-order valence-corrected chi connectivity index (χ3v) is 6.76. The van der Waals surface area contributed by atoms with Crippen LogP contribution in [-0.4, -0.2) is 54.9 Å². The fourth-order valence-electron chi connectivity index (χ4n) is 3.86. The Balaban J connectivity index is 2.80. The summed E-state index contributed by atoms with van der Waals surface area (Å²) in [4.78, 5) is 52.6. The van der Waals surface area contributed by atoms with E-state index in [1.165, 1.54) is 0 Å². The number of carbonyl (C=O) groups is 4. The predicted molar refractivity (Wildman–Crippen MR) is 157 cm³/mol. The van der Waals surface area contributed by atoms with Crippen molar-refractivity contribution in [1.29, 1.82) is 0 Å². The maximum Gasteiger partial charge on any atom is 0.416 e. The quantitative estimate of drug-likeness (QED) is 0.249. The Bertz CT molecular complexity index is 1230. The Labute approximate surface area is 263 Å². The molecular formula is C33H47F3O9. The zero-order chi connectivity index (χ0) is 34.9. The van der Waals surface area contributed by atoms with E-state index >= 15 is 0 Å². The van der Waals surface area contributed by atoms with Crippen LogP contribution in [-0.2, 0) is 49.0 Å². The van der Waals surface area contributed by atoms with Crippen LogP contribution >= 0.6 is 0 Å². The van der Waals surface area contributed by atoms with Crippen molar-refractivity contribution in [2.75, 3.05) is 6.61 Å². The summed E-state index contributed by atoms with van der Waals surface area (Å²) in [6.07, 6.45) is -11.7. The van der Waals surface area contributed by atoms with Gasteiger partial charge in [0.2, 0.25) is 0 Å². The molecule has 1 fully saturated rings. The maximum atomic E-state index is 13.4. The van der Waals surface area contributed by atoms with E-state index in [-0.39, 0.29) is 5.56 Å². The summed E-state index contributed by atoms with van der Waals surface area (Å²) in [7, 11) is 0. The summed E-state index contributed by atoms with van der Waals surface area (Å²) in [5.74, 6) is -2.79. The minimum atomic E-state index is -4.62. The van der Waals surface area contributed by atoms with Crippen molar-refractivity contribution in [2.24, 2.45) is 21.7 Å². The van der Waals surface area contributed by atoms with E-state index in [4.69, 9.17) is 23.7 Å². The molecule has 0 N–H and O–H groups in total. The summed E-state index contributed by atoms with van der Waals surface area (Å²) in [6.45, 7) is 18.8. The van der Waals surface area contributed by atoms with Gasteiger partial charge in [-0.25, -0.2) is 0 Å². The molecule has 9 nitrogen and oxygen atoms in total. The van der Waals surface area contributed by atoms with Crippen LogP contribution in [0, 0.1) is 21.7 Å². The Morgan fingerprint density at radius 1 is 0.600 bits per heavy atom. The van der Waals surface area contributed by atoms with Crippen molar-refractivity contribution in [3.8, 4) is 0 Å². The van der Waals surface area contributed by atoms with Crippen LogP contribution in [0.3, 0.4) is 0 Å². The lowest BCUT2D eigenvalue weighted by Gasteiger charge is -2.46. The van der Waals surface area contributed by atoms with Crippen molar-refractivity contribution >= 4 is 23.9 Å². The molecule has 1 aliphatic rings. The molecule has 1 aromatic carbocycles. The van der Waals surface area contributed by atoms with Gasteiger partial charge in [0.15, 0.2) is 18.3 Å². The molecule has 254 valence electrons. The van der Waals surface area contributed by atoms with Gasteiger partial charge in [0, 0.05) is 0 Å². The van der Waals surface area contributed by atoms with Crippen molar-refractivity contribution in [2.45, 2.75) is 120 Å². The first-order valence-electron chi connectivity index (χ1n) is 14.8. The normalized spacial score (nSPS) is 23.1. The van der Waals surface area contributed by atoms with Gasteiger partial charge in [0.05, 0.1) is 27.2 Å². The van der Waals surface area contributed by atoms with Gasteiger partial charge in [-0.15, -0.1) is 0 Å². The molecule has 0 saturated carbocycles. The molecule has 1 aliphatic heterocycles. The third-order valence-electron chi connectivity index (χ3n) is 6.76. The third kappa shape index (κ3) is 10.2. The van der Waals surface area contributed by atoms with Crippen molar-refractivity contribution in [3.05, 3.63) is 35.4 Å². The van der Waals surface area contributed by atoms with Crippen molar-refractivity contribution in [1.82, 2.24) is 0 Å². The number of alkyl halides is 3. The largest absolute Gasteiger partial charge is 0.462 e. The van der Waals surface area contributed by atoms with Crippen LogP contribution in [0.15, 0.2) is 24.3 Å². The molecule has 0 aromatic heterocycles. The summed E-state index contributed by atoms with van der Waals surface area (Å²) in [6, 6.07) is 4.01. The second kappa shape index (κ2) is 13.3. The summed E-state index contributed by atoms with van der Waals surface area (Å²) >= 11 is 0. The van der Waals surface area contributed by atoms with Crippen LogP contribution < -0.4 is 0 Å². The summed E-state index contributed by atoms with van der Waals surface area (Å²) in [5.41, 5.74) is -4.84. The molecule has 0 spiro atoms. The van der Waals surface area contributed by atoms with Crippen LogP contribution in [0.1, 0.15) is 100 Å². The van der Waals surface area contributed by atoms with E-state index in [9.17, 15) is 32.3 Å². The molecule has 0 aliphatic carbocycles. The van der Waals surface area contributed by atoms with Gasteiger partial charge in [0.25, 0.3) is 0 Å². The molecule has 1 saturated heterocycles. The lowest BCUT2D eigenvalue weighted by atomic mass is 9.88. The molecular weight excluding hydrogens is 597 g/mol. The van der Waals surface area contributed by atoms with Crippen molar-refractivity contribution in [3.63, 3.8) is 0 Å². The highest BCUT2D eigenvalue weighted by Gasteiger charge is 2.55. The molecule has 2 rings (SSSR count). The predicted octanol–water partition coefficient (Wildman–Crippen LogP) is 6.61. The maximum absolute atomic E-state index is 13.4. The zero-order valence-electron chi connectivity index (χ0n) is 28.2. The molecule has 0 amide bonds. The average molecular weight is 645 g/mol. The van der Waals surface area contributed by atoms with Crippen molar-refractivity contribution < 1.29 is 56.0 Å². The number of carbonyl (C=O) groups excluding carboxylic acids is 4. The lowest BCUT2D eigenvalue weighted by Crippen LogP contribution is -2.61. The Morgan fingerprint density at radius 3 is 1.36 bits per heavy atom. The van der Waals surface area contributed by atoms with Gasteiger partial charge in [-0.2, -0.15) is 13.2 Å². The Kier molecular flexibility index (Phi) is 11.2. The first-order chi connectivity index (χ1) is 20.1. The standard InChI is InChI=1S/C33H47F3O9/c1-29(2,3)25(37)41-17-20-22(43-26(38)30(4,5)6)24(45-28(40)32(10,11)12)23(44-27(39)31(7,8)9)21(42-20)18-13-15-19(16-14-18)33(34,35)36/h13-16,20-24H,17H2,1-12H3/t20-,21+,22-,23+,24+/m1/s1. The molecule has 1 aromatic rings. The SMILES string of the molecule is CC(C)(C)C(=O)OC[C@H]1O[C@@H](c2ccc(C(F)(F)F)cc2)[C@H](OC(=O)C(C)(C)C)[C@@H](OC(=O)C(C)(C)C)[C@@H]1OC(=O)C(C)(C)C. The number of hydrogen-bond donors (Lipinski definition) is 0. The molecule has 0 radical (unpaired) electrons. The second-order valence-electron chi connectivity index (χ2n) is 15.4. The minimum absolute atomic E-state index is 0.152. The first kappa shape index (κ1) is 38.0. The number of ether oxygens (including phenoxy) is 5. The van der Waals surface area contributed by atoms with Gasteiger partial charge < -0.3 is 23.7 Å². The highest BCUT2D eigenvalue weighted by Crippen LogP contribution is 2.41. The molecule has 0 unspecified atom stereocenters. The number of halogens is 3. The molecule has 0 bridgehead atoms.